The van der Waals surface area contributed by atoms with Gasteiger partial charge >= 0.3 is 0 Å². The molecule has 2 heterocycles. The lowest BCUT2D eigenvalue weighted by Gasteiger charge is -2.18. The lowest BCUT2D eigenvalue weighted by molar-refractivity contribution is -0.117. The molecule has 1 atom stereocenters. The van der Waals surface area contributed by atoms with Crippen LogP contribution in [0.2, 0.25) is 0 Å². The molecule has 5 nitrogen and oxygen atoms in total. The summed E-state index contributed by atoms with van der Waals surface area (Å²) in [5.41, 5.74) is 4.21. The summed E-state index contributed by atoms with van der Waals surface area (Å²) in [6, 6.07) is 24.5. The van der Waals surface area contributed by atoms with Crippen molar-refractivity contribution in [1.29, 1.82) is 0 Å². The van der Waals surface area contributed by atoms with Gasteiger partial charge in [0.2, 0.25) is 5.91 Å². The van der Waals surface area contributed by atoms with Crippen LogP contribution < -0.4 is 9.64 Å². The molecular weight excluding hydrogens is 430 g/mol. The van der Waals surface area contributed by atoms with E-state index in [9.17, 15) is 4.79 Å². The van der Waals surface area contributed by atoms with Crippen molar-refractivity contribution < 1.29 is 9.53 Å². The Morgan fingerprint density at radius 3 is 2.70 bits per heavy atom. The minimum atomic E-state index is 0.0437. The van der Waals surface area contributed by atoms with Gasteiger partial charge in [-0.05, 0) is 55.6 Å². The zero-order valence-electron chi connectivity index (χ0n) is 18.9. The van der Waals surface area contributed by atoms with Crippen LogP contribution >= 0.6 is 11.8 Å². The number of imidazole rings is 1. The van der Waals surface area contributed by atoms with Crippen molar-refractivity contribution in [1.82, 2.24) is 9.55 Å². The molecule has 0 radical (unpaired) electrons. The van der Waals surface area contributed by atoms with E-state index in [4.69, 9.17) is 9.72 Å². The fourth-order valence-electron chi connectivity index (χ4n) is 4.44. The van der Waals surface area contributed by atoms with Gasteiger partial charge in [0.15, 0.2) is 0 Å². The van der Waals surface area contributed by atoms with Crippen LogP contribution in [0.25, 0.3) is 11.0 Å². The van der Waals surface area contributed by atoms with Gasteiger partial charge < -0.3 is 14.2 Å². The number of thioether (sulfide) groups is 1. The molecule has 1 saturated heterocycles. The maximum Gasteiger partial charge on any atom is 0.227 e. The van der Waals surface area contributed by atoms with Crippen LogP contribution in [0.3, 0.4) is 0 Å². The van der Waals surface area contributed by atoms with Gasteiger partial charge in [-0.25, -0.2) is 4.98 Å². The fourth-order valence-corrected chi connectivity index (χ4v) is 4.89. The number of aromatic nitrogens is 2. The number of rotatable bonds is 7. The Balaban J connectivity index is 1.39. The number of carbonyl (C=O) groups is 1. The molecule has 0 bridgehead atoms. The molecule has 33 heavy (non-hydrogen) atoms. The largest absolute Gasteiger partial charge is 0.492 e. The highest BCUT2D eigenvalue weighted by molar-refractivity contribution is 7.98. The Morgan fingerprint density at radius 1 is 1.06 bits per heavy atom. The third-order valence-corrected chi connectivity index (χ3v) is 6.87. The van der Waals surface area contributed by atoms with E-state index in [-0.39, 0.29) is 11.8 Å². The van der Waals surface area contributed by atoms with Gasteiger partial charge in [-0.15, -0.1) is 11.8 Å². The summed E-state index contributed by atoms with van der Waals surface area (Å²) in [7, 11) is 0. The van der Waals surface area contributed by atoms with Crippen LogP contribution in [0.1, 0.15) is 23.7 Å². The predicted octanol–water partition coefficient (Wildman–Crippen LogP) is 5.67. The summed E-state index contributed by atoms with van der Waals surface area (Å²) in [5.74, 6) is 2.01. The maximum absolute atomic E-state index is 13.0. The number of fused-ring (bicyclic) bond motifs is 1. The van der Waals surface area contributed by atoms with Crippen molar-refractivity contribution in [2.45, 2.75) is 30.7 Å². The standard InChI is InChI=1S/C27H27N3O2S/c1-19-10-12-22(13-11-19)32-15-14-29-25-9-4-3-8-24(25)28-27(29)20-16-26(31)30(18-20)21-6-5-7-23(17-21)33-2/h3-13,17,20H,14-16,18H2,1-2H3. The van der Waals surface area contributed by atoms with Crippen molar-refractivity contribution in [2.24, 2.45) is 0 Å². The number of amides is 1. The molecule has 0 N–H and O–H groups in total. The van der Waals surface area contributed by atoms with Crippen molar-refractivity contribution in [3.8, 4) is 5.75 Å². The summed E-state index contributed by atoms with van der Waals surface area (Å²) in [5, 5.41) is 0. The molecule has 1 aliphatic rings. The number of nitrogens with zero attached hydrogens (tertiary/aromatic N) is 3. The molecule has 0 spiro atoms. The first-order valence-corrected chi connectivity index (χ1v) is 12.4. The van der Waals surface area contributed by atoms with Gasteiger partial charge in [0.25, 0.3) is 0 Å². The van der Waals surface area contributed by atoms with Gasteiger partial charge in [0, 0.05) is 29.5 Å². The van der Waals surface area contributed by atoms with E-state index in [1.165, 1.54) is 5.56 Å². The number of hydrogen-bond acceptors (Lipinski definition) is 4. The fraction of sp³-hybridized carbons (Fsp3) is 0.259. The molecular formula is C27H27N3O2S. The van der Waals surface area contributed by atoms with Gasteiger partial charge in [-0.1, -0.05) is 35.9 Å². The summed E-state index contributed by atoms with van der Waals surface area (Å²) in [6.45, 7) is 3.92. The highest BCUT2D eigenvalue weighted by Gasteiger charge is 2.34. The zero-order valence-corrected chi connectivity index (χ0v) is 19.7. The molecule has 5 rings (SSSR count). The average molecular weight is 458 g/mol. The highest BCUT2D eigenvalue weighted by atomic mass is 32.2. The third-order valence-electron chi connectivity index (χ3n) is 6.14. The van der Waals surface area contributed by atoms with E-state index in [2.05, 4.69) is 48.1 Å². The lowest BCUT2D eigenvalue weighted by Crippen LogP contribution is -2.24. The zero-order chi connectivity index (χ0) is 22.8. The van der Waals surface area contributed by atoms with E-state index < -0.39 is 0 Å². The molecule has 1 aromatic heterocycles. The number of carbonyl (C=O) groups excluding carboxylic acids is 1. The number of ether oxygens (including phenoxy) is 1. The molecule has 1 fully saturated rings. The van der Waals surface area contributed by atoms with E-state index in [0.717, 1.165) is 33.2 Å². The maximum atomic E-state index is 13.0. The lowest BCUT2D eigenvalue weighted by atomic mass is 10.1. The first-order chi connectivity index (χ1) is 16.1. The van der Waals surface area contributed by atoms with Gasteiger partial charge in [0.1, 0.15) is 18.2 Å². The molecule has 6 heteroatoms. The molecule has 4 aromatic rings. The minimum absolute atomic E-state index is 0.0437. The second kappa shape index (κ2) is 9.32. The van der Waals surface area contributed by atoms with E-state index >= 15 is 0 Å². The summed E-state index contributed by atoms with van der Waals surface area (Å²) < 4.78 is 8.24. The summed E-state index contributed by atoms with van der Waals surface area (Å²) >= 11 is 1.69. The first-order valence-electron chi connectivity index (χ1n) is 11.2. The second-order valence-electron chi connectivity index (χ2n) is 8.38. The predicted molar refractivity (Wildman–Crippen MR) is 134 cm³/mol. The SMILES string of the molecule is CSc1cccc(N2CC(c3nc4ccccc4n3CCOc3ccc(C)cc3)CC2=O)c1. The van der Waals surface area contributed by atoms with Crippen LogP contribution in [0.15, 0.2) is 77.7 Å². The minimum Gasteiger partial charge on any atom is -0.492 e. The van der Waals surface area contributed by atoms with Gasteiger partial charge in [-0.2, -0.15) is 0 Å². The number of aryl methyl sites for hydroxylation is 1. The Morgan fingerprint density at radius 2 is 1.88 bits per heavy atom. The monoisotopic (exact) mass is 457 g/mol. The highest BCUT2D eigenvalue weighted by Crippen LogP contribution is 2.34. The Bertz CT molecular complexity index is 1280. The Hall–Kier alpha value is -3.25. The summed E-state index contributed by atoms with van der Waals surface area (Å²) in [6.07, 6.45) is 2.51. The Kier molecular flexibility index (Phi) is 6.09. The van der Waals surface area contributed by atoms with E-state index in [0.29, 0.717) is 26.1 Å². The van der Waals surface area contributed by atoms with Crippen LogP contribution in [0.4, 0.5) is 5.69 Å². The number of anilines is 1. The molecule has 1 amide bonds. The number of para-hydroxylation sites is 2. The topological polar surface area (TPSA) is 47.4 Å². The van der Waals surface area contributed by atoms with Gasteiger partial charge in [-0.3, -0.25) is 4.79 Å². The van der Waals surface area contributed by atoms with Gasteiger partial charge in [0.05, 0.1) is 17.6 Å². The first kappa shape index (κ1) is 21.6. The summed E-state index contributed by atoms with van der Waals surface area (Å²) in [4.78, 5) is 21.0. The van der Waals surface area contributed by atoms with Crippen molar-refractivity contribution >= 4 is 34.4 Å². The third kappa shape index (κ3) is 4.48. The van der Waals surface area contributed by atoms with Crippen molar-refractivity contribution in [3.63, 3.8) is 0 Å². The Labute approximate surface area is 198 Å². The van der Waals surface area contributed by atoms with Crippen molar-refractivity contribution in [2.75, 3.05) is 24.3 Å². The second-order valence-corrected chi connectivity index (χ2v) is 9.26. The quantitative estimate of drug-likeness (QED) is 0.336. The molecule has 168 valence electrons. The van der Waals surface area contributed by atoms with Crippen LogP contribution in [0, 0.1) is 6.92 Å². The molecule has 3 aromatic carbocycles. The van der Waals surface area contributed by atoms with Crippen molar-refractivity contribution in [3.05, 3.63) is 84.2 Å². The number of benzene rings is 3. The smallest absolute Gasteiger partial charge is 0.227 e. The molecule has 0 aliphatic carbocycles. The van der Waals surface area contributed by atoms with E-state index in [1.807, 2.05) is 47.4 Å². The average Bonchev–Trinajstić information content (AvgIpc) is 3.41. The van der Waals surface area contributed by atoms with Crippen LogP contribution in [0.5, 0.6) is 5.75 Å². The van der Waals surface area contributed by atoms with Crippen LogP contribution in [-0.2, 0) is 11.3 Å². The van der Waals surface area contributed by atoms with Crippen LogP contribution in [-0.4, -0.2) is 34.9 Å². The molecule has 1 unspecified atom stereocenters. The molecule has 0 saturated carbocycles. The molecule has 1 aliphatic heterocycles. The number of hydrogen-bond donors (Lipinski definition) is 0. The van der Waals surface area contributed by atoms with E-state index in [1.54, 1.807) is 11.8 Å². The normalized spacial score (nSPS) is 16.0.